The Hall–Kier alpha value is -0.570. The van der Waals surface area contributed by atoms with Gasteiger partial charge in [0.25, 0.3) is 0 Å². The average molecular weight is 142 g/mol. The number of hydrogen-bond donors (Lipinski definition) is 1. The molecule has 0 heterocycles. The number of nitrogens with zero attached hydrogens (tertiary/aromatic N) is 1. The molecule has 0 aromatic heterocycles. The van der Waals surface area contributed by atoms with Crippen molar-refractivity contribution < 1.29 is 4.74 Å². The molecule has 0 atom stereocenters. The van der Waals surface area contributed by atoms with Gasteiger partial charge in [0.1, 0.15) is 0 Å². The highest BCUT2D eigenvalue weighted by molar-refractivity contribution is 5.61. The zero-order valence-corrected chi connectivity index (χ0v) is 6.29. The first-order valence-electron chi connectivity index (χ1n) is 3.71. The van der Waals surface area contributed by atoms with Gasteiger partial charge in [-0.25, -0.2) is 0 Å². The maximum atomic E-state index is 5.35. The van der Waals surface area contributed by atoms with Crippen molar-refractivity contribution in [2.75, 3.05) is 6.61 Å². The maximum Gasteiger partial charge on any atom is 0.0587 e. The Balaban J connectivity index is 2.06. The molecule has 1 saturated carbocycles. The van der Waals surface area contributed by atoms with Gasteiger partial charge in [0.15, 0.2) is 0 Å². The Kier molecular flexibility index (Phi) is 2.68. The fraction of sp³-hybridized carbons (Fsp3) is 0.857. The first-order chi connectivity index (χ1) is 4.86. The molecule has 0 radical (unpaired) electrons. The summed E-state index contributed by atoms with van der Waals surface area (Å²) in [6, 6.07) is 0. The molecule has 2 N–H and O–H groups in total. The molecular formula is C7H14N2O. The van der Waals surface area contributed by atoms with Gasteiger partial charge in [-0.1, -0.05) is 0 Å². The van der Waals surface area contributed by atoms with E-state index in [4.69, 9.17) is 10.6 Å². The SMILES string of the molecule is CCOC1CC(/C=N/N)C1. The lowest BCUT2D eigenvalue weighted by molar-refractivity contribution is -0.00541. The monoisotopic (exact) mass is 142 g/mol. The lowest BCUT2D eigenvalue weighted by atomic mass is 9.83. The molecule has 1 aliphatic rings. The van der Waals surface area contributed by atoms with Crippen LogP contribution in [0.15, 0.2) is 5.10 Å². The fourth-order valence-corrected chi connectivity index (χ4v) is 1.22. The minimum atomic E-state index is 0.466. The van der Waals surface area contributed by atoms with Crippen LogP contribution in [-0.2, 0) is 4.74 Å². The van der Waals surface area contributed by atoms with E-state index in [1.807, 2.05) is 6.92 Å². The quantitative estimate of drug-likeness (QED) is 0.359. The molecule has 0 aromatic rings. The Bertz CT molecular complexity index is 119. The molecule has 1 aliphatic carbocycles. The van der Waals surface area contributed by atoms with Crippen molar-refractivity contribution in [1.29, 1.82) is 0 Å². The molecule has 0 amide bonds. The molecule has 1 fully saturated rings. The lowest BCUT2D eigenvalue weighted by Gasteiger charge is -2.31. The summed E-state index contributed by atoms with van der Waals surface area (Å²) in [6.07, 6.45) is 4.45. The number of rotatable bonds is 3. The van der Waals surface area contributed by atoms with E-state index in [0.29, 0.717) is 12.0 Å². The molecular weight excluding hydrogens is 128 g/mol. The molecule has 0 unspecified atom stereocenters. The predicted octanol–water partition coefficient (Wildman–Crippen LogP) is 0.746. The van der Waals surface area contributed by atoms with E-state index in [-0.39, 0.29) is 0 Å². The fourth-order valence-electron chi connectivity index (χ4n) is 1.22. The van der Waals surface area contributed by atoms with Gasteiger partial charge in [0.05, 0.1) is 6.10 Å². The molecule has 3 heteroatoms. The van der Waals surface area contributed by atoms with E-state index in [0.717, 1.165) is 19.4 Å². The third-order valence-corrected chi connectivity index (χ3v) is 1.83. The second-order valence-electron chi connectivity index (χ2n) is 2.61. The van der Waals surface area contributed by atoms with Crippen LogP contribution in [-0.4, -0.2) is 18.9 Å². The van der Waals surface area contributed by atoms with E-state index < -0.39 is 0 Å². The highest BCUT2D eigenvalue weighted by Gasteiger charge is 2.27. The summed E-state index contributed by atoms with van der Waals surface area (Å²) in [5.74, 6) is 5.56. The van der Waals surface area contributed by atoms with Gasteiger partial charge in [-0.15, -0.1) is 0 Å². The first kappa shape index (κ1) is 7.54. The molecule has 1 rings (SSSR count). The van der Waals surface area contributed by atoms with Gasteiger partial charge in [-0.3, -0.25) is 0 Å². The van der Waals surface area contributed by atoms with Crippen LogP contribution in [0.2, 0.25) is 0 Å². The third kappa shape index (κ3) is 1.70. The van der Waals surface area contributed by atoms with Crippen molar-refractivity contribution in [2.24, 2.45) is 16.9 Å². The van der Waals surface area contributed by atoms with Crippen molar-refractivity contribution in [3.8, 4) is 0 Å². The molecule has 3 nitrogen and oxygen atoms in total. The van der Waals surface area contributed by atoms with Gasteiger partial charge in [-0.05, 0) is 19.8 Å². The molecule has 10 heavy (non-hydrogen) atoms. The van der Waals surface area contributed by atoms with Crippen LogP contribution >= 0.6 is 0 Å². The van der Waals surface area contributed by atoms with Gasteiger partial charge in [0.2, 0.25) is 0 Å². The normalized spacial score (nSPS) is 32.5. The van der Waals surface area contributed by atoms with Crippen LogP contribution < -0.4 is 5.84 Å². The van der Waals surface area contributed by atoms with Crippen LogP contribution in [0.4, 0.5) is 0 Å². The number of hydrazone groups is 1. The van der Waals surface area contributed by atoms with Gasteiger partial charge >= 0.3 is 0 Å². The maximum absolute atomic E-state index is 5.35. The van der Waals surface area contributed by atoms with Crippen molar-refractivity contribution in [3.63, 3.8) is 0 Å². The van der Waals surface area contributed by atoms with Crippen molar-refractivity contribution in [1.82, 2.24) is 0 Å². The molecule has 0 aromatic carbocycles. The second kappa shape index (κ2) is 3.56. The summed E-state index contributed by atoms with van der Waals surface area (Å²) in [5.41, 5.74) is 0. The van der Waals surface area contributed by atoms with Crippen molar-refractivity contribution in [2.45, 2.75) is 25.9 Å². The minimum Gasteiger partial charge on any atom is -0.378 e. The summed E-state index contributed by atoms with van der Waals surface area (Å²) in [7, 11) is 0. The molecule has 0 aliphatic heterocycles. The summed E-state index contributed by atoms with van der Waals surface area (Å²) in [6.45, 7) is 2.83. The van der Waals surface area contributed by atoms with E-state index in [1.165, 1.54) is 0 Å². The topological polar surface area (TPSA) is 47.6 Å². The zero-order chi connectivity index (χ0) is 7.40. The number of hydrogen-bond acceptors (Lipinski definition) is 3. The van der Waals surface area contributed by atoms with E-state index >= 15 is 0 Å². The van der Waals surface area contributed by atoms with Gasteiger partial charge in [0, 0.05) is 18.7 Å². The van der Waals surface area contributed by atoms with Crippen LogP contribution in [0.1, 0.15) is 19.8 Å². The van der Waals surface area contributed by atoms with Crippen molar-refractivity contribution in [3.05, 3.63) is 0 Å². The number of ether oxygens (including phenoxy) is 1. The molecule has 58 valence electrons. The van der Waals surface area contributed by atoms with Crippen molar-refractivity contribution >= 4 is 6.21 Å². The Morgan fingerprint density at radius 2 is 2.40 bits per heavy atom. The summed E-state index contributed by atoms with van der Waals surface area (Å²) < 4.78 is 5.35. The summed E-state index contributed by atoms with van der Waals surface area (Å²) in [4.78, 5) is 0. The molecule has 0 bridgehead atoms. The van der Waals surface area contributed by atoms with Crippen LogP contribution in [0.3, 0.4) is 0 Å². The minimum absolute atomic E-state index is 0.466. The van der Waals surface area contributed by atoms with Gasteiger partial charge < -0.3 is 10.6 Å². The van der Waals surface area contributed by atoms with Crippen LogP contribution in [0.25, 0.3) is 0 Å². The Morgan fingerprint density at radius 1 is 1.70 bits per heavy atom. The second-order valence-corrected chi connectivity index (χ2v) is 2.61. The molecule has 0 saturated heterocycles. The van der Waals surface area contributed by atoms with E-state index in [2.05, 4.69) is 5.10 Å². The summed E-state index contributed by atoms with van der Waals surface area (Å²) in [5, 5.41) is 3.47. The average Bonchev–Trinajstić information content (AvgIpc) is 1.84. The largest absolute Gasteiger partial charge is 0.378 e. The summed E-state index contributed by atoms with van der Waals surface area (Å²) >= 11 is 0. The molecule has 0 spiro atoms. The highest BCUT2D eigenvalue weighted by Crippen LogP contribution is 2.27. The van der Waals surface area contributed by atoms with Crippen LogP contribution in [0.5, 0.6) is 0 Å². The Labute approximate surface area is 61.2 Å². The first-order valence-corrected chi connectivity index (χ1v) is 3.71. The lowest BCUT2D eigenvalue weighted by Crippen LogP contribution is -2.32. The van der Waals surface area contributed by atoms with E-state index in [1.54, 1.807) is 6.21 Å². The van der Waals surface area contributed by atoms with Gasteiger partial charge in [-0.2, -0.15) is 5.10 Å². The zero-order valence-electron chi connectivity index (χ0n) is 6.29. The number of nitrogens with two attached hydrogens (primary N) is 1. The third-order valence-electron chi connectivity index (χ3n) is 1.83. The van der Waals surface area contributed by atoms with E-state index in [9.17, 15) is 0 Å². The Morgan fingerprint density at radius 3 is 2.90 bits per heavy atom. The van der Waals surface area contributed by atoms with Crippen LogP contribution in [0, 0.1) is 5.92 Å². The predicted molar refractivity (Wildman–Crippen MR) is 40.8 cm³/mol. The smallest absolute Gasteiger partial charge is 0.0587 e. The standard InChI is InChI=1S/C7H14N2O/c1-2-10-7-3-6(4-7)5-9-8/h5-7H,2-4,8H2,1H3/b9-5+. The highest BCUT2D eigenvalue weighted by atomic mass is 16.5.